The molecule has 1 aromatic heterocycles. The van der Waals surface area contributed by atoms with Gasteiger partial charge in [0.25, 0.3) is 0 Å². The molecule has 0 aromatic carbocycles. The molecule has 1 fully saturated rings. The van der Waals surface area contributed by atoms with Crippen molar-refractivity contribution in [1.82, 2.24) is 4.90 Å². The Hall–Kier alpha value is -0.710. The number of carbonyl (C=O) groups excluding carboxylic acids is 1. The maximum Gasteiger partial charge on any atom is 0.141 e. The molecule has 0 bridgehead atoms. The second-order valence-electron chi connectivity index (χ2n) is 4.62. The van der Waals surface area contributed by atoms with Gasteiger partial charge < -0.3 is 4.74 Å². The number of ketones is 1. The molecule has 4 heteroatoms. The van der Waals surface area contributed by atoms with E-state index >= 15 is 0 Å². The van der Waals surface area contributed by atoms with E-state index in [1.807, 2.05) is 0 Å². The molecule has 1 saturated heterocycles. The van der Waals surface area contributed by atoms with Gasteiger partial charge in [0.05, 0.1) is 19.1 Å². The first kappa shape index (κ1) is 12.7. The number of Topliss-reactive ketones (excluding diaryl/α,β-unsaturated/α-hetero) is 1. The molecular formula is C13H19NO2S. The number of carbonyl (C=O) groups is 1. The number of ether oxygens (including phenoxy) is 1. The van der Waals surface area contributed by atoms with Crippen molar-refractivity contribution in [3.8, 4) is 0 Å². The summed E-state index contributed by atoms with van der Waals surface area (Å²) < 4.78 is 5.38. The van der Waals surface area contributed by atoms with Gasteiger partial charge in [-0.2, -0.15) is 0 Å². The molecule has 2 atom stereocenters. The van der Waals surface area contributed by atoms with Gasteiger partial charge in [0.1, 0.15) is 5.78 Å². The van der Waals surface area contributed by atoms with E-state index in [1.165, 1.54) is 4.88 Å². The standard InChI is InChI=1S/C13H19NO2S/c1-10(13-4-3-7-17-13)14(2)8-11-9-16-6-5-12(11)15/h3-4,7,10-11H,5-6,8-9H2,1-2H3. The second kappa shape index (κ2) is 5.76. The first-order valence-corrected chi connectivity index (χ1v) is 6.90. The molecule has 0 aliphatic carbocycles. The van der Waals surface area contributed by atoms with Crippen molar-refractivity contribution in [2.24, 2.45) is 5.92 Å². The zero-order valence-corrected chi connectivity index (χ0v) is 11.2. The highest BCUT2D eigenvalue weighted by atomic mass is 32.1. The van der Waals surface area contributed by atoms with Crippen LogP contribution in [0.25, 0.3) is 0 Å². The summed E-state index contributed by atoms with van der Waals surface area (Å²) >= 11 is 1.76. The van der Waals surface area contributed by atoms with Gasteiger partial charge >= 0.3 is 0 Å². The van der Waals surface area contributed by atoms with Gasteiger partial charge in [-0.3, -0.25) is 9.69 Å². The Bertz CT molecular complexity index is 364. The van der Waals surface area contributed by atoms with Crippen LogP contribution in [-0.2, 0) is 9.53 Å². The van der Waals surface area contributed by atoms with Gasteiger partial charge in [0, 0.05) is 23.9 Å². The van der Waals surface area contributed by atoms with E-state index in [0.29, 0.717) is 31.5 Å². The third-order valence-electron chi connectivity index (χ3n) is 3.39. The Morgan fingerprint density at radius 3 is 3.12 bits per heavy atom. The average Bonchev–Trinajstić information content (AvgIpc) is 2.84. The highest BCUT2D eigenvalue weighted by Gasteiger charge is 2.25. The minimum Gasteiger partial charge on any atom is -0.380 e. The van der Waals surface area contributed by atoms with Crippen LogP contribution in [0.4, 0.5) is 0 Å². The Morgan fingerprint density at radius 1 is 1.65 bits per heavy atom. The largest absolute Gasteiger partial charge is 0.380 e. The van der Waals surface area contributed by atoms with Crippen molar-refractivity contribution in [1.29, 1.82) is 0 Å². The van der Waals surface area contributed by atoms with E-state index in [0.717, 1.165) is 6.54 Å². The molecule has 0 amide bonds. The van der Waals surface area contributed by atoms with E-state index in [2.05, 4.69) is 36.4 Å². The van der Waals surface area contributed by atoms with Crippen LogP contribution in [0.3, 0.4) is 0 Å². The van der Waals surface area contributed by atoms with E-state index in [4.69, 9.17) is 4.74 Å². The Balaban J connectivity index is 1.92. The van der Waals surface area contributed by atoms with Gasteiger partial charge in [-0.05, 0) is 25.4 Å². The fourth-order valence-electron chi connectivity index (χ4n) is 2.10. The molecule has 2 rings (SSSR count). The Kier molecular flexibility index (Phi) is 4.31. The average molecular weight is 253 g/mol. The van der Waals surface area contributed by atoms with Crippen LogP contribution in [0.5, 0.6) is 0 Å². The Morgan fingerprint density at radius 2 is 2.47 bits per heavy atom. The normalized spacial score (nSPS) is 23.0. The molecule has 1 aliphatic heterocycles. The van der Waals surface area contributed by atoms with E-state index < -0.39 is 0 Å². The first-order chi connectivity index (χ1) is 8.18. The smallest absolute Gasteiger partial charge is 0.141 e. The molecule has 2 unspecified atom stereocenters. The molecule has 0 spiro atoms. The fraction of sp³-hybridized carbons (Fsp3) is 0.615. The monoisotopic (exact) mass is 253 g/mol. The zero-order chi connectivity index (χ0) is 12.3. The molecule has 3 nitrogen and oxygen atoms in total. The van der Waals surface area contributed by atoms with Crippen LogP contribution in [-0.4, -0.2) is 37.5 Å². The SMILES string of the molecule is CC(c1cccs1)N(C)CC1COCCC1=O. The van der Waals surface area contributed by atoms with Gasteiger partial charge in [-0.15, -0.1) is 11.3 Å². The van der Waals surface area contributed by atoms with Gasteiger partial charge in [-0.25, -0.2) is 0 Å². The molecule has 1 aliphatic rings. The third-order valence-corrected chi connectivity index (χ3v) is 4.43. The lowest BCUT2D eigenvalue weighted by Crippen LogP contribution is -2.37. The van der Waals surface area contributed by atoms with Gasteiger partial charge in [0.2, 0.25) is 0 Å². The fourth-order valence-corrected chi connectivity index (χ4v) is 2.95. The topological polar surface area (TPSA) is 29.5 Å². The molecule has 2 heterocycles. The molecule has 0 saturated carbocycles. The maximum atomic E-state index is 11.7. The van der Waals surface area contributed by atoms with Crippen LogP contribution < -0.4 is 0 Å². The van der Waals surface area contributed by atoms with Crippen molar-refractivity contribution in [2.75, 3.05) is 26.8 Å². The summed E-state index contributed by atoms with van der Waals surface area (Å²) in [5.41, 5.74) is 0. The number of thiophene rings is 1. The predicted octanol–water partition coefficient (Wildman–Crippen LogP) is 2.35. The van der Waals surface area contributed by atoms with Crippen molar-refractivity contribution in [2.45, 2.75) is 19.4 Å². The Labute approximate surface area is 106 Å². The molecule has 17 heavy (non-hydrogen) atoms. The first-order valence-electron chi connectivity index (χ1n) is 6.02. The van der Waals surface area contributed by atoms with Crippen LogP contribution in [0, 0.1) is 5.92 Å². The highest BCUT2D eigenvalue weighted by molar-refractivity contribution is 7.10. The number of rotatable bonds is 4. The molecule has 94 valence electrons. The van der Waals surface area contributed by atoms with E-state index in [1.54, 1.807) is 11.3 Å². The lowest BCUT2D eigenvalue weighted by atomic mass is 9.99. The second-order valence-corrected chi connectivity index (χ2v) is 5.60. The number of hydrogen-bond donors (Lipinski definition) is 0. The summed E-state index contributed by atoms with van der Waals surface area (Å²) in [4.78, 5) is 15.3. The maximum absolute atomic E-state index is 11.7. The third kappa shape index (κ3) is 3.15. The van der Waals surface area contributed by atoms with Gasteiger partial charge in [-0.1, -0.05) is 6.07 Å². The molecular weight excluding hydrogens is 234 g/mol. The quantitative estimate of drug-likeness (QED) is 0.825. The van der Waals surface area contributed by atoms with Crippen molar-refractivity contribution in [3.05, 3.63) is 22.4 Å². The molecule has 0 N–H and O–H groups in total. The minimum atomic E-state index is 0.0520. The minimum absolute atomic E-state index is 0.0520. The summed E-state index contributed by atoms with van der Waals surface area (Å²) in [5, 5.41) is 2.09. The summed E-state index contributed by atoms with van der Waals surface area (Å²) in [6.45, 7) is 4.15. The summed E-state index contributed by atoms with van der Waals surface area (Å²) in [6.07, 6.45) is 0.575. The zero-order valence-electron chi connectivity index (χ0n) is 10.4. The summed E-state index contributed by atoms with van der Waals surface area (Å²) in [5.74, 6) is 0.401. The van der Waals surface area contributed by atoms with Gasteiger partial charge in [0.15, 0.2) is 0 Å². The van der Waals surface area contributed by atoms with Crippen molar-refractivity contribution in [3.63, 3.8) is 0 Å². The number of nitrogens with zero attached hydrogens (tertiary/aromatic N) is 1. The lowest BCUT2D eigenvalue weighted by Gasteiger charge is -2.29. The lowest BCUT2D eigenvalue weighted by molar-refractivity contribution is -0.131. The number of hydrogen-bond acceptors (Lipinski definition) is 4. The highest BCUT2D eigenvalue weighted by Crippen LogP contribution is 2.24. The van der Waals surface area contributed by atoms with Crippen LogP contribution in [0.1, 0.15) is 24.3 Å². The van der Waals surface area contributed by atoms with Crippen LogP contribution >= 0.6 is 11.3 Å². The summed E-state index contributed by atoms with van der Waals surface area (Å²) in [7, 11) is 2.08. The molecule has 1 aromatic rings. The van der Waals surface area contributed by atoms with Crippen LogP contribution in [0.15, 0.2) is 17.5 Å². The van der Waals surface area contributed by atoms with Crippen molar-refractivity contribution < 1.29 is 9.53 Å². The van der Waals surface area contributed by atoms with E-state index in [-0.39, 0.29) is 5.92 Å². The molecule has 0 radical (unpaired) electrons. The predicted molar refractivity (Wildman–Crippen MR) is 69.3 cm³/mol. The van der Waals surface area contributed by atoms with Crippen LogP contribution in [0.2, 0.25) is 0 Å². The van der Waals surface area contributed by atoms with E-state index in [9.17, 15) is 4.79 Å². The van der Waals surface area contributed by atoms with Crippen molar-refractivity contribution >= 4 is 17.1 Å². The summed E-state index contributed by atoms with van der Waals surface area (Å²) in [6, 6.07) is 4.58.